The van der Waals surface area contributed by atoms with Crippen LogP contribution < -0.4 is 10.0 Å². The van der Waals surface area contributed by atoms with Gasteiger partial charge in [-0.15, -0.1) is 0 Å². The van der Waals surface area contributed by atoms with E-state index in [1.807, 2.05) is 24.4 Å². The third-order valence-corrected chi connectivity index (χ3v) is 5.16. The molecule has 0 unspecified atom stereocenters. The Morgan fingerprint density at radius 2 is 1.77 bits per heavy atom. The Bertz CT molecular complexity index is 980. The summed E-state index contributed by atoms with van der Waals surface area (Å²) in [6.07, 6.45) is 3.57. The van der Waals surface area contributed by atoms with Gasteiger partial charge in [-0.25, -0.2) is 8.42 Å². The molecular formula is C18H18N4O3S. The summed E-state index contributed by atoms with van der Waals surface area (Å²) in [5, 5.41) is 6.63. The molecule has 0 aliphatic carbocycles. The quantitative estimate of drug-likeness (QED) is 0.695. The van der Waals surface area contributed by atoms with Gasteiger partial charge < -0.3 is 5.32 Å². The second kappa shape index (κ2) is 7.40. The average molecular weight is 370 g/mol. The number of nitrogens with zero attached hydrogens (tertiary/aromatic N) is 2. The van der Waals surface area contributed by atoms with E-state index in [2.05, 4.69) is 15.1 Å². The number of rotatable bonds is 6. The number of carbonyl (C=O) groups excluding carboxylic acids is 1. The number of anilines is 1. The highest BCUT2D eigenvalue weighted by molar-refractivity contribution is 7.92. The molecule has 1 amide bonds. The lowest BCUT2D eigenvalue weighted by atomic mass is 10.2. The number of carbonyl (C=O) groups is 1. The molecule has 0 aliphatic rings. The first-order valence-electron chi connectivity index (χ1n) is 7.89. The van der Waals surface area contributed by atoms with Crippen LogP contribution in [0.3, 0.4) is 0 Å². The molecule has 8 heteroatoms. The fraction of sp³-hybridized carbons (Fsp3) is 0.111. The minimum atomic E-state index is -3.72. The van der Waals surface area contributed by atoms with E-state index in [0.29, 0.717) is 17.8 Å². The number of aromatic nitrogens is 2. The zero-order chi connectivity index (χ0) is 18.6. The summed E-state index contributed by atoms with van der Waals surface area (Å²) in [6.45, 7) is 0.612. The van der Waals surface area contributed by atoms with E-state index in [0.717, 1.165) is 5.56 Å². The van der Waals surface area contributed by atoms with Gasteiger partial charge in [0.05, 0.1) is 11.4 Å². The predicted octanol–water partition coefficient (Wildman–Crippen LogP) is 2.09. The normalized spacial score (nSPS) is 11.1. The molecule has 1 heterocycles. The minimum Gasteiger partial charge on any atom is -0.355 e. The zero-order valence-corrected chi connectivity index (χ0v) is 14.9. The van der Waals surface area contributed by atoms with Crippen molar-refractivity contribution in [1.29, 1.82) is 0 Å². The molecule has 0 saturated carbocycles. The molecule has 2 N–H and O–H groups in total. The first kappa shape index (κ1) is 17.7. The predicted molar refractivity (Wildman–Crippen MR) is 98.4 cm³/mol. The summed E-state index contributed by atoms with van der Waals surface area (Å²) >= 11 is 0. The Labute approximate surface area is 151 Å². The molecule has 1 aromatic heterocycles. The lowest BCUT2D eigenvalue weighted by Gasteiger charge is -2.10. The maximum Gasteiger partial charge on any atom is 0.261 e. The fourth-order valence-corrected chi connectivity index (χ4v) is 3.46. The van der Waals surface area contributed by atoms with E-state index in [9.17, 15) is 13.2 Å². The number of hydrogen-bond acceptors (Lipinski definition) is 4. The van der Waals surface area contributed by atoms with Crippen LogP contribution in [-0.2, 0) is 16.6 Å². The summed E-state index contributed by atoms with van der Waals surface area (Å²) in [5.41, 5.74) is 1.87. The maximum atomic E-state index is 12.5. The third-order valence-electron chi connectivity index (χ3n) is 3.76. The number of amides is 1. The molecule has 0 bridgehead atoms. The highest BCUT2D eigenvalue weighted by Crippen LogP contribution is 2.17. The minimum absolute atomic E-state index is 0.0887. The Kier molecular flexibility index (Phi) is 5.04. The van der Waals surface area contributed by atoms with E-state index in [-0.39, 0.29) is 10.8 Å². The van der Waals surface area contributed by atoms with Crippen molar-refractivity contribution in [3.05, 3.63) is 78.1 Å². The van der Waals surface area contributed by atoms with E-state index in [1.165, 1.54) is 31.3 Å². The van der Waals surface area contributed by atoms with Gasteiger partial charge in [0.1, 0.15) is 0 Å². The summed E-state index contributed by atoms with van der Waals surface area (Å²) in [6, 6.07) is 14.7. The van der Waals surface area contributed by atoms with Crippen molar-refractivity contribution in [2.75, 3.05) is 11.8 Å². The Morgan fingerprint density at radius 1 is 1.08 bits per heavy atom. The van der Waals surface area contributed by atoms with Crippen molar-refractivity contribution >= 4 is 21.6 Å². The van der Waals surface area contributed by atoms with Gasteiger partial charge in [-0.3, -0.25) is 14.2 Å². The van der Waals surface area contributed by atoms with Crippen molar-refractivity contribution in [1.82, 2.24) is 15.1 Å². The lowest BCUT2D eigenvalue weighted by molar-refractivity contribution is 0.0963. The van der Waals surface area contributed by atoms with Gasteiger partial charge in [-0.05, 0) is 48.0 Å². The molecule has 134 valence electrons. The van der Waals surface area contributed by atoms with Gasteiger partial charge in [0, 0.05) is 30.7 Å². The number of hydrogen-bond donors (Lipinski definition) is 2. The van der Waals surface area contributed by atoms with Gasteiger partial charge in [0.2, 0.25) is 0 Å². The van der Waals surface area contributed by atoms with Gasteiger partial charge in [-0.2, -0.15) is 5.10 Å². The first-order chi connectivity index (χ1) is 12.5. The molecule has 0 radical (unpaired) electrons. The number of nitrogens with one attached hydrogen (secondary N) is 2. The van der Waals surface area contributed by atoms with Crippen molar-refractivity contribution in [2.24, 2.45) is 0 Å². The van der Waals surface area contributed by atoms with Crippen LogP contribution in [0, 0.1) is 0 Å². The largest absolute Gasteiger partial charge is 0.355 e. The number of sulfonamides is 1. The molecule has 3 aromatic rings. The summed E-state index contributed by atoms with van der Waals surface area (Å²) in [4.78, 5) is 11.6. The standard InChI is InChI=1S/C18H18N4O3S/c1-19-18(23)15-5-9-17(10-6-15)26(24,25)21-16-7-3-14(4-8-16)13-22-12-2-11-20-22/h2-12,21H,13H2,1H3,(H,19,23). The van der Waals surface area contributed by atoms with Crippen LogP contribution in [0.25, 0.3) is 0 Å². The molecule has 7 nitrogen and oxygen atoms in total. The van der Waals surface area contributed by atoms with Crippen LogP contribution in [-0.4, -0.2) is 31.2 Å². The van der Waals surface area contributed by atoms with Crippen LogP contribution in [0.4, 0.5) is 5.69 Å². The monoisotopic (exact) mass is 370 g/mol. The average Bonchev–Trinajstić information content (AvgIpc) is 3.15. The molecule has 0 atom stereocenters. The Morgan fingerprint density at radius 3 is 2.35 bits per heavy atom. The van der Waals surface area contributed by atoms with Crippen LogP contribution >= 0.6 is 0 Å². The third kappa shape index (κ3) is 4.09. The van der Waals surface area contributed by atoms with Crippen molar-refractivity contribution in [3.63, 3.8) is 0 Å². The second-order valence-electron chi connectivity index (χ2n) is 5.61. The fourth-order valence-electron chi connectivity index (χ4n) is 2.40. The molecular weight excluding hydrogens is 352 g/mol. The van der Waals surface area contributed by atoms with Crippen LogP contribution in [0.15, 0.2) is 71.9 Å². The lowest BCUT2D eigenvalue weighted by Crippen LogP contribution is -2.18. The summed E-state index contributed by atoms with van der Waals surface area (Å²) in [5.74, 6) is -0.269. The zero-order valence-electron chi connectivity index (χ0n) is 14.1. The molecule has 2 aromatic carbocycles. The van der Waals surface area contributed by atoms with Gasteiger partial charge >= 0.3 is 0 Å². The second-order valence-corrected chi connectivity index (χ2v) is 7.29. The van der Waals surface area contributed by atoms with Crippen molar-refractivity contribution < 1.29 is 13.2 Å². The van der Waals surface area contributed by atoms with E-state index in [1.54, 1.807) is 23.0 Å². The molecule has 0 aliphatic heterocycles. The number of benzene rings is 2. The first-order valence-corrected chi connectivity index (χ1v) is 9.37. The topological polar surface area (TPSA) is 93.1 Å². The van der Waals surface area contributed by atoms with Gasteiger partial charge in [0.25, 0.3) is 15.9 Å². The van der Waals surface area contributed by atoms with E-state index >= 15 is 0 Å². The summed E-state index contributed by atoms with van der Waals surface area (Å²) < 4.78 is 29.3. The van der Waals surface area contributed by atoms with Gasteiger partial charge in [0.15, 0.2) is 0 Å². The Balaban J connectivity index is 1.71. The summed E-state index contributed by atoms with van der Waals surface area (Å²) in [7, 11) is -2.21. The van der Waals surface area contributed by atoms with Crippen LogP contribution in [0.2, 0.25) is 0 Å². The maximum absolute atomic E-state index is 12.5. The van der Waals surface area contributed by atoms with E-state index < -0.39 is 10.0 Å². The van der Waals surface area contributed by atoms with Crippen LogP contribution in [0.1, 0.15) is 15.9 Å². The van der Waals surface area contributed by atoms with E-state index in [4.69, 9.17) is 0 Å². The van der Waals surface area contributed by atoms with Crippen LogP contribution in [0.5, 0.6) is 0 Å². The Hall–Kier alpha value is -3.13. The highest BCUT2D eigenvalue weighted by atomic mass is 32.2. The molecule has 3 rings (SSSR count). The smallest absolute Gasteiger partial charge is 0.261 e. The highest BCUT2D eigenvalue weighted by Gasteiger charge is 2.15. The van der Waals surface area contributed by atoms with Crippen molar-refractivity contribution in [2.45, 2.75) is 11.4 Å². The molecule has 0 fully saturated rings. The molecule has 0 saturated heterocycles. The SMILES string of the molecule is CNC(=O)c1ccc(S(=O)(=O)Nc2ccc(Cn3cccn3)cc2)cc1. The van der Waals surface area contributed by atoms with Gasteiger partial charge in [-0.1, -0.05) is 12.1 Å². The van der Waals surface area contributed by atoms with Crippen molar-refractivity contribution in [3.8, 4) is 0 Å². The molecule has 0 spiro atoms. The molecule has 26 heavy (non-hydrogen) atoms.